The first-order chi connectivity index (χ1) is 13.4. The molecule has 144 valence electrons. The standard InChI is InChI=1S/C18H13F3N4O2S/c19-14-7-13(9-25(18(14)27)10-16(20)21)23-17(26)15-8-12(24-28-15)2-1-11-3-5-22-6-4-11/h3-9,16,18,27H,10H2,(H,23,26). The molecule has 2 N–H and O–H groups in total. The molecule has 0 bridgehead atoms. The van der Waals surface area contributed by atoms with Crippen molar-refractivity contribution in [3.8, 4) is 11.8 Å². The Balaban J connectivity index is 1.70. The summed E-state index contributed by atoms with van der Waals surface area (Å²) in [5, 5.41) is 12.0. The number of hydrogen-bond donors (Lipinski definition) is 2. The molecule has 0 radical (unpaired) electrons. The van der Waals surface area contributed by atoms with E-state index in [0.717, 1.165) is 29.4 Å². The molecule has 3 heterocycles. The lowest BCUT2D eigenvalue weighted by molar-refractivity contribution is 0.00633. The third-order valence-corrected chi connectivity index (χ3v) is 4.30. The third kappa shape index (κ3) is 4.97. The molecule has 3 rings (SSSR count). The molecular weight excluding hydrogens is 393 g/mol. The maximum absolute atomic E-state index is 13.7. The Kier molecular flexibility index (Phi) is 6.08. The average Bonchev–Trinajstić information content (AvgIpc) is 3.14. The van der Waals surface area contributed by atoms with Crippen LogP contribution in [0, 0.1) is 11.8 Å². The van der Waals surface area contributed by atoms with E-state index in [4.69, 9.17) is 0 Å². The fourth-order valence-electron chi connectivity index (χ4n) is 2.25. The van der Waals surface area contributed by atoms with E-state index in [1.807, 2.05) is 0 Å². The summed E-state index contributed by atoms with van der Waals surface area (Å²) >= 11 is 0.893. The lowest BCUT2D eigenvalue weighted by Gasteiger charge is -2.29. The minimum absolute atomic E-state index is 0.0636. The van der Waals surface area contributed by atoms with Gasteiger partial charge in [-0.1, -0.05) is 5.92 Å². The second-order valence-electron chi connectivity index (χ2n) is 5.59. The zero-order chi connectivity index (χ0) is 20.1. The van der Waals surface area contributed by atoms with E-state index in [9.17, 15) is 23.1 Å². The number of carbonyl (C=O) groups is 1. The van der Waals surface area contributed by atoms with Crippen LogP contribution in [-0.2, 0) is 0 Å². The number of rotatable bonds is 4. The van der Waals surface area contributed by atoms with Gasteiger partial charge in [0.1, 0.15) is 10.6 Å². The van der Waals surface area contributed by atoms with Gasteiger partial charge in [-0.25, -0.2) is 13.2 Å². The van der Waals surface area contributed by atoms with Crippen LogP contribution in [-0.4, -0.2) is 44.5 Å². The zero-order valence-electron chi connectivity index (χ0n) is 14.1. The summed E-state index contributed by atoms with van der Waals surface area (Å²) in [6.45, 7) is -0.878. The van der Waals surface area contributed by atoms with Gasteiger partial charge >= 0.3 is 0 Å². The summed E-state index contributed by atoms with van der Waals surface area (Å²) in [4.78, 5) is 17.1. The van der Waals surface area contributed by atoms with Gasteiger partial charge in [-0.3, -0.25) is 9.78 Å². The molecule has 10 heteroatoms. The molecule has 2 aromatic heterocycles. The molecule has 0 aliphatic carbocycles. The van der Waals surface area contributed by atoms with E-state index in [2.05, 4.69) is 26.5 Å². The van der Waals surface area contributed by atoms with Gasteiger partial charge in [0, 0.05) is 24.2 Å². The number of aliphatic hydroxyl groups excluding tert-OH is 1. The molecular formula is C18H13F3N4O2S. The fourth-order valence-corrected chi connectivity index (χ4v) is 2.85. The summed E-state index contributed by atoms with van der Waals surface area (Å²) in [5.41, 5.74) is 1.05. The molecule has 1 aliphatic heterocycles. The number of carbonyl (C=O) groups excluding carboxylic acids is 1. The minimum Gasteiger partial charge on any atom is -0.367 e. The highest BCUT2D eigenvalue weighted by atomic mass is 32.1. The van der Waals surface area contributed by atoms with Crippen molar-refractivity contribution in [3.05, 3.63) is 70.5 Å². The van der Waals surface area contributed by atoms with Crippen LogP contribution in [0.1, 0.15) is 20.9 Å². The van der Waals surface area contributed by atoms with Crippen molar-refractivity contribution < 1.29 is 23.1 Å². The van der Waals surface area contributed by atoms with Crippen LogP contribution in [0.15, 0.2) is 54.4 Å². The first-order valence-corrected chi connectivity index (χ1v) is 8.70. The fraction of sp³-hybridized carbons (Fsp3) is 0.167. The van der Waals surface area contributed by atoms with Crippen molar-refractivity contribution in [2.75, 3.05) is 6.54 Å². The quantitative estimate of drug-likeness (QED) is 0.762. The SMILES string of the molecule is O=C(NC1=CN(CC(F)F)C(O)C(F)=C1)c1cc(C#Cc2ccncc2)ns1. The van der Waals surface area contributed by atoms with Gasteiger partial charge in [0.05, 0.1) is 12.2 Å². The monoisotopic (exact) mass is 406 g/mol. The first kappa shape index (κ1) is 19.6. The molecule has 0 spiro atoms. The Bertz CT molecular complexity index is 979. The number of nitrogens with one attached hydrogen (secondary N) is 1. The van der Waals surface area contributed by atoms with Crippen LogP contribution in [0.2, 0.25) is 0 Å². The highest BCUT2D eigenvalue weighted by Crippen LogP contribution is 2.20. The number of alkyl halides is 2. The molecule has 1 aliphatic rings. The highest BCUT2D eigenvalue weighted by molar-refractivity contribution is 7.08. The molecule has 1 amide bonds. The summed E-state index contributed by atoms with van der Waals surface area (Å²) < 4.78 is 42.9. The van der Waals surface area contributed by atoms with E-state index in [1.54, 1.807) is 24.5 Å². The van der Waals surface area contributed by atoms with Gasteiger partial charge in [-0.05, 0) is 41.7 Å². The smallest absolute Gasteiger partial charge is 0.267 e. The predicted octanol–water partition coefficient (Wildman–Crippen LogP) is 2.26. The number of amides is 1. The lowest BCUT2D eigenvalue weighted by atomic mass is 10.2. The number of allylic oxidation sites excluding steroid dienone is 1. The molecule has 1 atom stereocenters. The Morgan fingerprint density at radius 2 is 2.11 bits per heavy atom. The normalized spacial score (nSPS) is 16.2. The molecule has 28 heavy (non-hydrogen) atoms. The number of aromatic nitrogens is 2. The van der Waals surface area contributed by atoms with Crippen LogP contribution in [0.25, 0.3) is 0 Å². The van der Waals surface area contributed by atoms with Crippen LogP contribution >= 0.6 is 11.5 Å². The summed E-state index contributed by atoms with van der Waals surface area (Å²) in [7, 11) is 0. The van der Waals surface area contributed by atoms with Crippen molar-refractivity contribution >= 4 is 17.4 Å². The maximum Gasteiger partial charge on any atom is 0.267 e. The summed E-state index contributed by atoms with van der Waals surface area (Å²) in [6.07, 6.45) is 0.536. The van der Waals surface area contributed by atoms with Crippen molar-refractivity contribution in [2.45, 2.75) is 12.7 Å². The molecule has 0 saturated heterocycles. The third-order valence-electron chi connectivity index (χ3n) is 3.51. The van der Waals surface area contributed by atoms with Crippen LogP contribution < -0.4 is 5.32 Å². The van der Waals surface area contributed by atoms with Crippen molar-refractivity contribution in [1.29, 1.82) is 0 Å². The van der Waals surface area contributed by atoms with Crippen LogP contribution in [0.5, 0.6) is 0 Å². The summed E-state index contributed by atoms with van der Waals surface area (Å²) in [6, 6.07) is 4.91. The molecule has 0 fully saturated rings. The van der Waals surface area contributed by atoms with E-state index in [1.165, 1.54) is 6.07 Å². The maximum atomic E-state index is 13.7. The minimum atomic E-state index is -2.78. The van der Waals surface area contributed by atoms with E-state index in [0.29, 0.717) is 10.6 Å². The van der Waals surface area contributed by atoms with Crippen molar-refractivity contribution in [1.82, 2.24) is 19.6 Å². The molecule has 0 aromatic carbocycles. The van der Waals surface area contributed by atoms with Gasteiger partial charge in [0.2, 0.25) is 0 Å². The van der Waals surface area contributed by atoms with Gasteiger partial charge in [0.25, 0.3) is 12.3 Å². The first-order valence-electron chi connectivity index (χ1n) is 7.93. The number of halogens is 3. The highest BCUT2D eigenvalue weighted by Gasteiger charge is 2.26. The molecule has 6 nitrogen and oxygen atoms in total. The van der Waals surface area contributed by atoms with E-state index >= 15 is 0 Å². The number of hydrogen-bond acceptors (Lipinski definition) is 6. The molecule has 1 unspecified atom stereocenters. The van der Waals surface area contributed by atoms with Gasteiger partial charge in [-0.15, -0.1) is 0 Å². The topological polar surface area (TPSA) is 78.4 Å². The number of nitrogens with zero attached hydrogens (tertiary/aromatic N) is 3. The molecule has 2 aromatic rings. The van der Waals surface area contributed by atoms with Crippen LogP contribution in [0.3, 0.4) is 0 Å². The Morgan fingerprint density at radius 3 is 2.82 bits per heavy atom. The summed E-state index contributed by atoms with van der Waals surface area (Å²) in [5.74, 6) is 4.04. The van der Waals surface area contributed by atoms with Crippen LogP contribution in [0.4, 0.5) is 13.2 Å². The average molecular weight is 406 g/mol. The van der Waals surface area contributed by atoms with Crippen molar-refractivity contribution in [3.63, 3.8) is 0 Å². The van der Waals surface area contributed by atoms with E-state index in [-0.39, 0.29) is 10.6 Å². The van der Waals surface area contributed by atoms with Gasteiger partial charge in [0.15, 0.2) is 12.1 Å². The largest absolute Gasteiger partial charge is 0.367 e. The second kappa shape index (κ2) is 8.69. The predicted molar refractivity (Wildman–Crippen MR) is 95.8 cm³/mol. The van der Waals surface area contributed by atoms with Gasteiger partial charge < -0.3 is 15.3 Å². The number of pyridine rings is 1. The van der Waals surface area contributed by atoms with Crippen molar-refractivity contribution in [2.24, 2.45) is 0 Å². The number of aliphatic hydroxyl groups is 1. The molecule has 0 saturated carbocycles. The lowest BCUT2D eigenvalue weighted by Crippen LogP contribution is -2.39. The van der Waals surface area contributed by atoms with E-state index < -0.39 is 30.9 Å². The zero-order valence-corrected chi connectivity index (χ0v) is 15.0. The van der Waals surface area contributed by atoms with Gasteiger partial charge in [-0.2, -0.15) is 4.37 Å². The Morgan fingerprint density at radius 1 is 1.36 bits per heavy atom. The Labute approximate surface area is 162 Å². The Hall–Kier alpha value is -3.16. The second-order valence-corrected chi connectivity index (χ2v) is 6.40.